The molecule has 0 amide bonds. The Bertz CT molecular complexity index is 2310. The van der Waals surface area contributed by atoms with Crippen molar-refractivity contribution in [1.29, 1.82) is 0 Å². The minimum absolute atomic E-state index is 0.792. The number of hydrogen-bond acceptors (Lipinski definition) is 3. The van der Waals surface area contributed by atoms with Crippen LogP contribution in [0.25, 0.3) is 72.3 Å². The number of hydrogen-bond donors (Lipinski definition) is 0. The van der Waals surface area contributed by atoms with E-state index in [4.69, 9.17) is 14.4 Å². The van der Waals surface area contributed by atoms with Crippen LogP contribution in [-0.4, -0.2) is 23.3 Å². The average molecular weight is 490 g/mol. The number of benzene rings is 5. The zero-order chi connectivity index (χ0) is 24.8. The number of rotatable bonds is 1. The van der Waals surface area contributed by atoms with Gasteiger partial charge in [-0.2, -0.15) is 0 Å². The lowest BCUT2D eigenvalue weighted by molar-refractivity contribution is 0.669. The smallest absolute Gasteiger partial charge is 0.223 e. The molecular weight excluding hydrogens is 470 g/mol. The van der Waals surface area contributed by atoms with E-state index in [1.165, 1.54) is 0 Å². The molecule has 0 unspecified atom stereocenters. The first-order valence-corrected chi connectivity index (χ1v) is 12.6. The molecule has 0 radical (unpaired) electrons. The zero-order valence-corrected chi connectivity index (χ0v) is 20.1. The Morgan fingerprint density at radius 2 is 1.00 bits per heavy atom. The highest BCUT2D eigenvalue weighted by molar-refractivity contribution is 6.05. The van der Waals surface area contributed by atoms with E-state index >= 15 is 0 Å². The molecule has 4 heterocycles. The maximum Gasteiger partial charge on any atom is 0.223 e. The fourth-order valence-corrected chi connectivity index (χ4v) is 5.82. The van der Waals surface area contributed by atoms with Crippen LogP contribution < -0.4 is 0 Å². The second-order valence-corrected chi connectivity index (χ2v) is 9.57. The van der Waals surface area contributed by atoms with Crippen LogP contribution in [0.1, 0.15) is 0 Å². The molecule has 6 nitrogen and oxygen atoms in total. The first-order chi connectivity index (χ1) is 18.8. The van der Waals surface area contributed by atoms with Gasteiger partial charge in [-0.15, -0.1) is 0 Å². The molecule has 9 rings (SSSR count). The van der Waals surface area contributed by atoms with Gasteiger partial charge in [-0.3, -0.25) is 8.80 Å². The van der Waals surface area contributed by atoms with E-state index in [0.29, 0.717) is 0 Å². The molecule has 0 saturated heterocycles. The molecule has 0 bridgehead atoms. The van der Waals surface area contributed by atoms with E-state index in [9.17, 15) is 0 Å². The van der Waals surface area contributed by atoms with E-state index in [-0.39, 0.29) is 0 Å². The van der Waals surface area contributed by atoms with E-state index < -0.39 is 0 Å². The van der Waals surface area contributed by atoms with Crippen molar-refractivity contribution in [3.63, 3.8) is 0 Å². The molecule has 0 atom stereocenters. The summed E-state index contributed by atoms with van der Waals surface area (Å²) in [6.45, 7) is 0. The highest BCUT2D eigenvalue weighted by Gasteiger charge is 2.19. The summed E-state index contributed by atoms with van der Waals surface area (Å²) in [7, 11) is 0. The standard InChI is InChI=1S/C32H19N5O/c1-8-16-29-21(9-1)22-19-20(17-18-30(22)38-29)35-31-33-23-10-2-4-12-25(23)36(31)27-14-6-7-15-28(27)37-26-13-5-3-11-24(26)34-32(35)37/h1-19H. The van der Waals surface area contributed by atoms with E-state index in [1.54, 1.807) is 0 Å². The Morgan fingerprint density at radius 3 is 1.66 bits per heavy atom. The quantitative estimate of drug-likeness (QED) is 0.237. The molecule has 0 spiro atoms. The molecule has 38 heavy (non-hydrogen) atoms. The summed E-state index contributed by atoms with van der Waals surface area (Å²) in [5.41, 5.74) is 8.76. The summed E-state index contributed by atoms with van der Waals surface area (Å²) < 4.78 is 12.8. The predicted molar refractivity (Wildman–Crippen MR) is 152 cm³/mol. The van der Waals surface area contributed by atoms with Crippen molar-refractivity contribution < 1.29 is 4.42 Å². The Balaban J connectivity index is 1.59. The second kappa shape index (κ2) is 7.11. The lowest BCUT2D eigenvalue weighted by Gasteiger charge is -2.07. The van der Waals surface area contributed by atoms with Gasteiger partial charge in [0.1, 0.15) is 11.2 Å². The molecule has 0 aliphatic rings. The van der Waals surface area contributed by atoms with E-state index in [2.05, 4.69) is 92.2 Å². The van der Waals surface area contributed by atoms with Crippen molar-refractivity contribution in [3.8, 4) is 5.69 Å². The molecule has 6 heteroatoms. The fraction of sp³-hybridized carbons (Fsp3) is 0. The van der Waals surface area contributed by atoms with Gasteiger partial charge < -0.3 is 4.42 Å². The molecule has 5 aromatic carbocycles. The van der Waals surface area contributed by atoms with Gasteiger partial charge in [0.15, 0.2) is 0 Å². The molecular formula is C32H19N5O. The third-order valence-electron chi connectivity index (χ3n) is 7.47. The minimum atomic E-state index is 0.792. The molecule has 0 fully saturated rings. The highest BCUT2D eigenvalue weighted by atomic mass is 16.3. The Labute approximate surface area is 215 Å². The number of furan rings is 1. The van der Waals surface area contributed by atoms with Crippen molar-refractivity contribution >= 4 is 66.6 Å². The normalized spacial score (nSPS) is 12.2. The first kappa shape index (κ1) is 19.8. The van der Waals surface area contributed by atoms with E-state index in [1.807, 2.05) is 36.4 Å². The summed E-state index contributed by atoms with van der Waals surface area (Å²) in [5.74, 6) is 1.58. The number of fused-ring (bicyclic) bond motifs is 12. The van der Waals surface area contributed by atoms with Gasteiger partial charge in [-0.1, -0.05) is 54.6 Å². The molecule has 9 aromatic rings. The predicted octanol–water partition coefficient (Wildman–Crippen LogP) is 7.69. The van der Waals surface area contributed by atoms with Crippen LogP contribution in [0.15, 0.2) is 120 Å². The zero-order valence-electron chi connectivity index (χ0n) is 20.1. The summed E-state index contributed by atoms with van der Waals surface area (Å²) >= 11 is 0. The molecule has 0 N–H and O–H groups in total. The summed E-state index contributed by atoms with van der Waals surface area (Å²) in [5, 5.41) is 2.15. The van der Waals surface area contributed by atoms with Crippen molar-refractivity contribution in [2.45, 2.75) is 0 Å². The van der Waals surface area contributed by atoms with Crippen LogP contribution in [0.2, 0.25) is 0 Å². The first-order valence-electron chi connectivity index (χ1n) is 12.6. The van der Waals surface area contributed by atoms with Gasteiger partial charge in [0.25, 0.3) is 0 Å². The molecule has 178 valence electrons. The Morgan fingerprint density at radius 1 is 0.474 bits per heavy atom. The van der Waals surface area contributed by atoms with Gasteiger partial charge in [0, 0.05) is 10.8 Å². The maximum atomic E-state index is 6.14. The van der Waals surface area contributed by atoms with Crippen LogP contribution in [0.5, 0.6) is 0 Å². The van der Waals surface area contributed by atoms with Crippen LogP contribution in [0, 0.1) is 0 Å². The van der Waals surface area contributed by atoms with E-state index in [0.717, 1.165) is 72.3 Å². The van der Waals surface area contributed by atoms with Crippen LogP contribution in [0.3, 0.4) is 0 Å². The molecule has 0 aliphatic heterocycles. The third kappa shape index (κ3) is 2.51. The topological polar surface area (TPSA) is 52.7 Å². The number of para-hydroxylation sites is 7. The van der Waals surface area contributed by atoms with Gasteiger partial charge in [0.05, 0.1) is 38.8 Å². The Hall–Kier alpha value is -5.36. The van der Waals surface area contributed by atoms with Crippen molar-refractivity contribution in [2.75, 3.05) is 0 Å². The van der Waals surface area contributed by atoms with Gasteiger partial charge >= 0.3 is 0 Å². The van der Waals surface area contributed by atoms with Gasteiger partial charge in [-0.05, 0) is 60.7 Å². The molecule has 0 aliphatic carbocycles. The second-order valence-electron chi connectivity index (χ2n) is 9.57. The fourth-order valence-electron chi connectivity index (χ4n) is 5.82. The number of imidazole rings is 2. The van der Waals surface area contributed by atoms with Crippen molar-refractivity contribution in [3.05, 3.63) is 115 Å². The summed E-state index contributed by atoms with van der Waals surface area (Å²) in [6, 6.07) is 39.5. The highest BCUT2D eigenvalue weighted by Crippen LogP contribution is 2.33. The largest absolute Gasteiger partial charge is 0.456 e. The monoisotopic (exact) mass is 489 g/mol. The minimum Gasteiger partial charge on any atom is -0.456 e. The van der Waals surface area contributed by atoms with Crippen LogP contribution >= 0.6 is 0 Å². The summed E-state index contributed by atoms with van der Waals surface area (Å²) in [6.07, 6.45) is 0. The summed E-state index contributed by atoms with van der Waals surface area (Å²) in [4.78, 5) is 10.4. The van der Waals surface area contributed by atoms with Gasteiger partial charge in [-0.25, -0.2) is 14.5 Å². The average Bonchev–Trinajstić information content (AvgIpc) is 3.62. The van der Waals surface area contributed by atoms with Crippen LogP contribution in [-0.2, 0) is 0 Å². The SMILES string of the molecule is c1ccc2c(c1)nc1n(-c3ccc4oc5ccccc5c4c3)c3nc4ccccc4n3c3ccccc3n21. The van der Waals surface area contributed by atoms with Crippen molar-refractivity contribution in [2.24, 2.45) is 0 Å². The van der Waals surface area contributed by atoms with Crippen LogP contribution in [0.4, 0.5) is 0 Å². The van der Waals surface area contributed by atoms with Gasteiger partial charge in [0.2, 0.25) is 11.6 Å². The molecule has 4 aromatic heterocycles. The third-order valence-corrected chi connectivity index (χ3v) is 7.47. The maximum absolute atomic E-state index is 6.14. The molecule has 0 saturated carbocycles. The Kier molecular flexibility index (Phi) is 3.70. The number of nitrogens with zero attached hydrogens (tertiary/aromatic N) is 5. The lowest BCUT2D eigenvalue weighted by atomic mass is 10.1. The van der Waals surface area contributed by atoms with Crippen molar-refractivity contribution in [1.82, 2.24) is 23.3 Å². The lowest BCUT2D eigenvalue weighted by Crippen LogP contribution is -2.01. The number of aromatic nitrogens is 5.